The Bertz CT molecular complexity index is 589. The van der Waals surface area contributed by atoms with Crippen molar-refractivity contribution in [1.82, 2.24) is 15.5 Å². The van der Waals surface area contributed by atoms with E-state index in [1.54, 1.807) is 0 Å². The monoisotopic (exact) mass is 286 g/mol. The molecule has 1 aromatic heterocycles. The van der Waals surface area contributed by atoms with Crippen molar-refractivity contribution in [2.75, 3.05) is 0 Å². The Balaban J connectivity index is 2.38. The Kier molecular flexibility index (Phi) is 3.64. The van der Waals surface area contributed by atoms with Crippen molar-refractivity contribution in [1.29, 1.82) is 0 Å². The zero-order valence-corrected chi connectivity index (χ0v) is 11.8. The van der Waals surface area contributed by atoms with Gasteiger partial charge in [0.25, 0.3) is 5.91 Å². The average Bonchev–Trinajstić information content (AvgIpc) is 3.05. The number of primary sulfonamides is 1. The van der Waals surface area contributed by atoms with E-state index in [0.29, 0.717) is 5.69 Å². The van der Waals surface area contributed by atoms with E-state index in [2.05, 4.69) is 15.5 Å². The van der Waals surface area contributed by atoms with E-state index in [1.165, 1.54) is 0 Å². The number of carbonyl (C=O) groups is 1. The maximum absolute atomic E-state index is 12.0. The second-order valence-electron chi connectivity index (χ2n) is 4.92. The molecule has 1 aliphatic carbocycles. The highest BCUT2D eigenvalue weighted by Gasteiger charge is 2.35. The van der Waals surface area contributed by atoms with Crippen molar-refractivity contribution in [3.05, 3.63) is 11.4 Å². The smallest absolute Gasteiger partial charge is 0.273 e. The summed E-state index contributed by atoms with van der Waals surface area (Å²) in [6, 6.07) is -0.0538. The van der Waals surface area contributed by atoms with Crippen LogP contribution in [0.1, 0.15) is 55.2 Å². The number of rotatable bonds is 5. The lowest BCUT2D eigenvalue weighted by Gasteiger charge is -2.10. The van der Waals surface area contributed by atoms with Crippen LogP contribution in [0.15, 0.2) is 4.90 Å². The molecular weight excluding hydrogens is 268 g/mol. The number of hydrogen-bond donors (Lipinski definition) is 3. The Morgan fingerprint density at radius 1 is 1.58 bits per heavy atom. The van der Waals surface area contributed by atoms with Gasteiger partial charge >= 0.3 is 0 Å². The zero-order chi connectivity index (χ0) is 14.2. The molecule has 0 radical (unpaired) electrons. The van der Waals surface area contributed by atoms with Crippen LogP contribution in [0.5, 0.6) is 0 Å². The van der Waals surface area contributed by atoms with E-state index >= 15 is 0 Å². The number of H-pyrrole nitrogens is 1. The van der Waals surface area contributed by atoms with E-state index in [9.17, 15) is 13.2 Å². The summed E-state index contributed by atoms with van der Waals surface area (Å²) in [7, 11) is -3.97. The molecule has 1 unspecified atom stereocenters. The predicted octanol–water partition coefficient (Wildman–Crippen LogP) is 0.463. The van der Waals surface area contributed by atoms with Crippen LogP contribution in [-0.4, -0.2) is 30.6 Å². The summed E-state index contributed by atoms with van der Waals surface area (Å²) in [6.07, 6.45) is 2.52. The molecule has 2 rings (SSSR count). The third kappa shape index (κ3) is 2.95. The number of aromatic amines is 1. The zero-order valence-electron chi connectivity index (χ0n) is 10.9. The summed E-state index contributed by atoms with van der Waals surface area (Å²) in [5, 5.41) is 14.4. The van der Waals surface area contributed by atoms with Crippen LogP contribution in [0.2, 0.25) is 0 Å². The number of sulfonamides is 1. The molecular formula is C11H18N4O3S. The number of nitrogens with one attached hydrogen (secondary N) is 2. The Labute approximate surface area is 112 Å². The van der Waals surface area contributed by atoms with Gasteiger partial charge in [-0.15, -0.1) is 0 Å². The third-order valence-electron chi connectivity index (χ3n) is 3.22. The quantitative estimate of drug-likeness (QED) is 0.728. The van der Waals surface area contributed by atoms with Gasteiger partial charge in [-0.25, -0.2) is 13.6 Å². The molecule has 0 aromatic carbocycles. The molecule has 106 valence electrons. The topological polar surface area (TPSA) is 118 Å². The predicted molar refractivity (Wildman–Crippen MR) is 69.2 cm³/mol. The van der Waals surface area contributed by atoms with E-state index in [0.717, 1.165) is 19.3 Å². The lowest BCUT2D eigenvalue weighted by molar-refractivity contribution is 0.0931. The van der Waals surface area contributed by atoms with E-state index in [1.807, 2.05) is 13.8 Å². The second kappa shape index (κ2) is 4.93. The molecule has 0 bridgehead atoms. The van der Waals surface area contributed by atoms with Crippen molar-refractivity contribution in [2.45, 2.75) is 50.0 Å². The minimum Gasteiger partial charge on any atom is -0.348 e. The molecule has 1 fully saturated rings. The number of hydrogen-bond acceptors (Lipinski definition) is 4. The number of amides is 1. The van der Waals surface area contributed by atoms with Crippen molar-refractivity contribution in [2.24, 2.45) is 5.14 Å². The lowest BCUT2D eigenvalue weighted by atomic mass is 10.2. The largest absolute Gasteiger partial charge is 0.348 e. The standard InChI is InChI=1S/C11H18N4O3S/c1-3-6(2)13-11(16)9-10(19(12,17)18)8(14-15-9)7-4-5-7/h6-7H,3-5H2,1-2H3,(H,13,16)(H,14,15)(H2,12,17,18). The maximum Gasteiger partial charge on any atom is 0.273 e. The summed E-state index contributed by atoms with van der Waals surface area (Å²) in [5.41, 5.74) is 0.321. The van der Waals surface area contributed by atoms with Crippen LogP contribution in [0.25, 0.3) is 0 Å². The van der Waals surface area contributed by atoms with E-state index in [-0.39, 0.29) is 22.5 Å². The molecule has 1 amide bonds. The SMILES string of the molecule is CCC(C)NC(=O)c1n[nH]c(C2CC2)c1S(N)(=O)=O. The highest BCUT2D eigenvalue weighted by molar-refractivity contribution is 7.89. The van der Waals surface area contributed by atoms with Crippen LogP contribution in [-0.2, 0) is 10.0 Å². The molecule has 0 saturated heterocycles. The fraction of sp³-hybridized carbons (Fsp3) is 0.636. The first kappa shape index (κ1) is 14.0. The molecule has 8 heteroatoms. The molecule has 0 aliphatic heterocycles. The van der Waals surface area contributed by atoms with Crippen LogP contribution in [0, 0.1) is 0 Å². The van der Waals surface area contributed by atoms with Gasteiger partial charge in [-0.05, 0) is 26.2 Å². The summed E-state index contributed by atoms with van der Waals surface area (Å²) < 4.78 is 23.3. The molecule has 1 aromatic rings. The van der Waals surface area contributed by atoms with Gasteiger partial charge in [0, 0.05) is 12.0 Å². The van der Waals surface area contributed by atoms with Crippen LogP contribution < -0.4 is 10.5 Å². The lowest BCUT2D eigenvalue weighted by Crippen LogP contribution is -2.33. The average molecular weight is 286 g/mol. The first-order chi connectivity index (χ1) is 8.84. The van der Waals surface area contributed by atoms with Crippen molar-refractivity contribution >= 4 is 15.9 Å². The Morgan fingerprint density at radius 3 is 2.68 bits per heavy atom. The van der Waals surface area contributed by atoms with Gasteiger partial charge in [-0.3, -0.25) is 9.89 Å². The normalized spacial score (nSPS) is 17.2. The van der Waals surface area contributed by atoms with Gasteiger partial charge in [-0.1, -0.05) is 6.92 Å². The second-order valence-corrected chi connectivity index (χ2v) is 6.42. The number of nitrogens with two attached hydrogens (primary N) is 1. The molecule has 7 nitrogen and oxygen atoms in total. The summed E-state index contributed by atoms with van der Waals surface area (Å²) >= 11 is 0. The van der Waals surface area contributed by atoms with Gasteiger partial charge in [0.2, 0.25) is 10.0 Å². The minimum atomic E-state index is -3.97. The molecule has 1 aliphatic rings. The van der Waals surface area contributed by atoms with Gasteiger partial charge in [0.1, 0.15) is 4.90 Å². The summed E-state index contributed by atoms with van der Waals surface area (Å²) in [5.74, 6) is -0.396. The van der Waals surface area contributed by atoms with Crippen LogP contribution in [0.3, 0.4) is 0 Å². The number of aromatic nitrogens is 2. The minimum absolute atomic E-state index is 0.0538. The Morgan fingerprint density at radius 2 is 2.21 bits per heavy atom. The number of nitrogens with zero attached hydrogens (tertiary/aromatic N) is 1. The first-order valence-electron chi connectivity index (χ1n) is 6.26. The molecule has 1 heterocycles. The first-order valence-corrected chi connectivity index (χ1v) is 7.81. The molecule has 1 atom stereocenters. The molecule has 1 saturated carbocycles. The highest BCUT2D eigenvalue weighted by atomic mass is 32.2. The molecule has 4 N–H and O–H groups in total. The fourth-order valence-electron chi connectivity index (χ4n) is 1.83. The van der Waals surface area contributed by atoms with Gasteiger partial charge in [-0.2, -0.15) is 5.10 Å². The van der Waals surface area contributed by atoms with Gasteiger partial charge in [0.15, 0.2) is 5.69 Å². The summed E-state index contributed by atoms with van der Waals surface area (Å²) in [4.78, 5) is 11.9. The Hall–Kier alpha value is -1.41. The summed E-state index contributed by atoms with van der Waals surface area (Å²) in [6.45, 7) is 3.76. The highest BCUT2D eigenvalue weighted by Crippen LogP contribution is 2.42. The third-order valence-corrected chi connectivity index (χ3v) is 4.21. The molecule has 19 heavy (non-hydrogen) atoms. The van der Waals surface area contributed by atoms with Crippen LogP contribution in [0.4, 0.5) is 0 Å². The van der Waals surface area contributed by atoms with Crippen molar-refractivity contribution in [3.8, 4) is 0 Å². The van der Waals surface area contributed by atoms with Gasteiger partial charge < -0.3 is 5.32 Å². The van der Waals surface area contributed by atoms with Gasteiger partial charge in [0.05, 0.1) is 5.69 Å². The van der Waals surface area contributed by atoms with Crippen molar-refractivity contribution in [3.63, 3.8) is 0 Å². The molecule has 0 spiro atoms. The number of carbonyl (C=O) groups excluding carboxylic acids is 1. The van der Waals surface area contributed by atoms with E-state index < -0.39 is 15.9 Å². The van der Waals surface area contributed by atoms with E-state index in [4.69, 9.17) is 5.14 Å². The van der Waals surface area contributed by atoms with Crippen molar-refractivity contribution < 1.29 is 13.2 Å². The fourth-order valence-corrected chi connectivity index (χ4v) is 2.76. The van der Waals surface area contributed by atoms with Crippen LogP contribution >= 0.6 is 0 Å². The maximum atomic E-state index is 12.0.